The topological polar surface area (TPSA) is 135 Å². The Bertz CT molecular complexity index is 1720. The van der Waals surface area contributed by atoms with E-state index in [1.165, 1.54) is 24.8 Å². The number of aromatic amines is 1. The first-order valence-corrected chi connectivity index (χ1v) is 11.5. The number of anilines is 1. The molecule has 2 atom stereocenters. The maximum atomic E-state index is 14.0. The van der Waals surface area contributed by atoms with E-state index in [2.05, 4.69) is 41.2 Å². The summed E-state index contributed by atoms with van der Waals surface area (Å²) in [5.41, 5.74) is 3.40. The Labute approximate surface area is 204 Å². The van der Waals surface area contributed by atoms with Crippen molar-refractivity contribution in [1.82, 2.24) is 19.9 Å². The van der Waals surface area contributed by atoms with Gasteiger partial charge in [-0.3, -0.25) is 19.2 Å². The van der Waals surface area contributed by atoms with Crippen molar-refractivity contribution in [2.24, 2.45) is 0 Å². The van der Waals surface area contributed by atoms with Crippen LogP contribution in [0.2, 0.25) is 0 Å². The van der Waals surface area contributed by atoms with Crippen molar-refractivity contribution in [3.63, 3.8) is 0 Å². The van der Waals surface area contributed by atoms with Crippen LogP contribution in [-0.4, -0.2) is 43.1 Å². The molecule has 3 aromatic rings. The van der Waals surface area contributed by atoms with Gasteiger partial charge < -0.3 is 10.3 Å². The van der Waals surface area contributed by atoms with Gasteiger partial charge in [-0.1, -0.05) is 24.3 Å². The van der Waals surface area contributed by atoms with Crippen molar-refractivity contribution in [3.05, 3.63) is 92.7 Å². The van der Waals surface area contributed by atoms with Gasteiger partial charge in [-0.05, 0) is 39.2 Å². The lowest BCUT2D eigenvalue weighted by atomic mass is 9.56. The zero-order chi connectivity index (χ0) is 24.0. The lowest BCUT2D eigenvalue weighted by molar-refractivity contribution is -0.117. The van der Waals surface area contributed by atoms with Crippen molar-refractivity contribution >= 4 is 56.0 Å². The van der Waals surface area contributed by atoms with Crippen molar-refractivity contribution in [3.8, 4) is 0 Å². The Morgan fingerprint density at radius 1 is 0.800 bits per heavy atom. The van der Waals surface area contributed by atoms with Gasteiger partial charge in [0.25, 0.3) is 0 Å². The molecule has 2 N–H and O–H groups in total. The Kier molecular flexibility index (Phi) is 3.94. The van der Waals surface area contributed by atoms with Gasteiger partial charge in [0.1, 0.15) is 17.5 Å². The normalized spacial score (nSPS) is 22.8. The van der Waals surface area contributed by atoms with Gasteiger partial charge in [-0.2, -0.15) is 0 Å². The fourth-order valence-electron chi connectivity index (χ4n) is 5.51. The minimum Gasteiger partial charge on any atom is -0.340 e. The van der Waals surface area contributed by atoms with Gasteiger partial charge in [0.2, 0.25) is 5.78 Å². The number of halogens is 1. The molecule has 9 nitrogen and oxygen atoms in total. The van der Waals surface area contributed by atoms with Crippen LogP contribution in [0.3, 0.4) is 0 Å². The summed E-state index contributed by atoms with van der Waals surface area (Å²) in [6.07, 6.45) is 5.23. The molecule has 2 aromatic heterocycles. The molecule has 35 heavy (non-hydrogen) atoms. The third kappa shape index (κ3) is 2.49. The van der Waals surface area contributed by atoms with Crippen LogP contribution in [0.15, 0.2) is 81.5 Å². The lowest BCUT2D eigenvalue weighted by Gasteiger charge is -2.44. The highest BCUT2D eigenvalue weighted by Crippen LogP contribution is 2.59. The zero-order valence-electron chi connectivity index (χ0n) is 17.6. The molecule has 5 aliphatic rings. The molecule has 2 unspecified atom stereocenters. The number of imidazole rings is 1. The first kappa shape index (κ1) is 20.1. The standard InChI is InChI=1S/C25H12BrN5O4/c26-19-20(31-25-21-24(28-7-27-21)29-8-30-25)23(35)18-14-10-4-2-1-3-9(10)13(17(18)22(19)34)15-11(32)5-6-12(33)16(14)15/h1-8,13-14H,(H2,27,28,29,30,31). The number of hydrogen-bond acceptors (Lipinski definition) is 8. The molecule has 10 heteroatoms. The molecular weight excluding hydrogens is 514 g/mol. The minimum atomic E-state index is -0.811. The molecule has 1 aromatic carbocycles. The summed E-state index contributed by atoms with van der Waals surface area (Å²) < 4.78 is 0.0323. The van der Waals surface area contributed by atoms with E-state index in [-0.39, 0.29) is 49.9 Å². The Balaban J connectivity index is 1.42. The molecule has 0 aliphatic heterocycles. The number of nitrogens with zero attached hydrogens (tertiary/aromatic N) is 3. The highest BCUT2D eigenvalue weighted by atomic mass is 79.9. The summed E-state index contributed by atoms with van der Waals surface area (Å²) in [6.45, 7) is 0. The van der Waals surface area contributed by atoms with Crippen LogP contribution in [0.4, 0.5) is 5.82 Å². The van der Waals surface area contributed by atoms with Crippen LogP contribution in [-0.2, 0) is 19.2 Å². The first-order chi connectivity index (χ1) is 17.0. The quantitative estimate of drug-likeness (QED) is 0.487. The van der Waals surface area contributed by atoms with Gasteiger partial charge in [-0.15, -0.1) is 0 Å². The van der Waals surface area contributed by atoms with E-state index < -0.39 is 23.4 Å². The highest BCUT2D eigenvalue weighted by molar-refractivity contribution is 9.12. The predicted octanol–water partition coefficient (Wildman–Crippen LogP) is 2.72. The minimum absolute atomic E-state index is 0.000609. The fourth-order valence-corrected chi connectivity index (χ4v) is 6.01. The van der Waals surface area contributed by atoms with Crippen molar-refractivity contribution in [2.45, 2.75) is 11.8 Å². The third-order valence-electron chi connectivity index (χ3n) is 6.87. The number of carbonyl (C=O) groups excluding carboxylic acids is 4. The molecule has 0 amide bonds. The van der Waals surface area contributed by atoms with Crippen LogP contribution in [0.1, 0.15) is 23.0 Å². The summed E-state index contributed by atoms with van der Waals surface area (Å²) in [7, 11) is 0. The molecule has 0 spiro atoms. The van der Waals surface area contributed by atoms with Crippen LogP contribution >= 0.6 is 15.9 Å². The second kappa shape index (κ2) is 6.86. The summed E-state index contributed by atoms with van der Waals surface area (Å²) >= 11 is 3.32. The number of H-pyrrole nitrogens is 1. The summed E-state index contributed by atoms with van der Waals surface area (Å²) in [5.74, 6) is -2.82. The molecule has 168 valence electrons. The number of fused-ring (bicyclic) bond motifs is 1. The number of aromatic nitrogens is 4. The molecule has 5 aliphatic carbocycles. The molecular formula is C25H12BrN5O4. The van der Waals surface area contributed by atoms with Gasteiger partial charge in [0, 0.05) is 34.1 Å². The van der Waals surface area contributed by atoms with Gasteiger partial charge in [0.15, 0.2) is 28.8 Å². The summed E-state index contributed by atoms with van der Waals surface area (Å²) in [6, 6.07) is 7.33. The lowest BCUT2D eigenvalue weighted by Crippen LogP contribution is -2.42. The average molecular weight is 526 g/mol. The Morgan fingerprint density at radius 3 is 2.09 bits per heavy atom. The van der Waals surface area contributed by atoms with Crippen molar-refractivity contribution in [1.29, 1.82) is 0 Å². The second-order valence-corrected chi connectivity index (χ2v) is 9.30. The maximum Gasteiger partial charge on any atom is 0.207 e. The van der Waals surface area contributed by atoms with E-state index in [0.29, 0.717) is 11.2 Å². The molecule has 0 saturated heterocycles. The van der Waals surface area contributed by atoms with Crippen molar-refractivity contribution in [2.75, 3.05) is 5.32 Å². The van der Waals surface area contributed by atoms with Gasteiger partial charge in [-0.25, -0.2) is 15.0 Å². The van der Waals surface area contributed by atoms with Crippen molar-refractivity contribution < 1.29 is 19.2 Å². The predicted molar refractivity (Wildman–Crippen MR) is 126 cm³/mol. The molecule has 2 bridgehead atoms. The molecule has 0 radical (unpaired) electrons. The maximum absolute atomic E-state index is 14.0. The Hall–Kier alpha value is -4.31. The number of nitrogens with one attached hydrogen (secondary N) is 2. The second-order valence-electron chi connectivity index (χ2n) is 8.51. The molecule has 0 saturated carbocycles. The highest BCUT2D eigenvalue weighted by Gasteiger charge is 2.54. The number of rotatable bonds is 2. The largest absolute Gasteiger partial charge is 0.340 e. The Morgan fingerprint density at radius 2 is 1.43 bits per heavy atom. The smallest absolute Gasteiger partial charge is 0.207 e. The summed E-state index contributed by atoms with van der Waals surface area (Å²) in [5, 5.41) is 2.97. The molecule has 2 heterocycles. The fraction of sp³-hybridized carbons (Fsp3) is 0.0800. The SMILES string of the molecule is O=C1C=CC(=O)C2=C1C1C3=C(C(=O)C(Nc4ncnc5nc[nH]c45)=C(Br)C3=O)C2c2ccccc21. The third-order valence-corrected chi connectivity index (χ3v) is 7.63. The number of Topliss-reactive ketones (excluding diaryl/α,β-unsaturated/α-hetero) is 2. The van der Waals surface area contributed by atoms with E-state index in [9.17, 15) is 19.2 Å². The van der Waals surface area contributed by atoms with Crippen LogP contribution in [0, 0.1) is 0 Å². The number of benzene rings is 1. The molecule has 0 fully saturated rings. The number of hydrogen-bond donors (Lipinski definition) is 2. The van der Waals surface area contributed by atoms with E-state index in [0.717, 1.165) is 11.1 Å². The monoisotopic (exact) mass is 525 g/mol. The number of allylic oxidation sites excluding steroid dienone is 7. The van der Waals surface area contributed by atoms with E-state index in [1.807, 2.05) is 24.3 Å². The van der Waals surface area contributed by atoms with Crippen LogP contribution in [0.25, 0.3) is 11.2 Å². The van der Waals surface area contributed by atoms with E-state index in [1.54, 1.807) is 0 Å². The first-order valence-electron chi connectivity index (χ1n) is 10.7. The summed E-state index contributed by atoms with van der Waals surface area (Å²) in [4.78, 5) is 69.0. The van der Waals surface area contributed by atoms with Gasteiger partial charge in [0.05, 0.1) is 10.8 Å². The molecule has 8 rings (SSSR count). The van der Waals surface area contributed by atoms with Crippen LogP contribution in [0.5, 0.6) is 0 Å². The van der Waals surface area contributed by atoms with Gasteiger partial charge >= 0.3 is 0 Å². The average Bonchev–Trinajstić information content (AvgIpc) is 3.36. The van der Waals surface area contributed by atoms with E-state index >= 15 is 0 Å². The van der Waals surface area contributed by atoms with E-state index in [4.69, 9.17) is 0 Å². The number of carbonyl (C=O) groups is 4. The zero-order valence-corrected chi connectivity index (χ0v) is 19.2. The number of ketones is 4. The van der Waals surface area contributed by atoms with Crippen LogP contribution < -0.4 is 5.32 Å².